The van der Waals surface area contributed by atoms with Crippen LogP contribution in [0.5, 0.6) is 0 Å². The van der Waals surface area contributed by atoms with E-state index in [4.69, 9.17) is 10.8 Å². The first kappa shape index (κ1) is 6.59. The third-order valence-corrected chi connectivity index (χ3v) is 0.719. The molecule has 1 atom stereocenters. The number of carbonyl (C=O) groups excluding carboxylic acids is 1. The molecule has 0 bridgehead atoms. The molecule has 42 valence electrons. The van der Waals surface area contributed by atoms with Crippen molar-refractivity contribution in [2.24, 2.45) is 5.73 Å². The molecule has 0 aliphatic heterocycles. The molecule has 0 aromatic rings. The highest BCUT2D eigenvalue weighted by Gasteiger charge is 2.02. The van der Waals surface area contributed by atoms with Crippen molar-refractivity contribution in [1.29, 1.82) is 0 Å². The zero-order chi connectivity index (χ0) is 5.86. The molecular formula is C4H9NO2. The Morgan fingerprint density at radius 1 is 2.00 bits per heavy atom. The topological polar surface area (TPSA) is 63.3 Å². The number of nitrogens with two attached hydrogens (primary N) is 1. The minimum absolute atomic E-state index is 0.178. The van der Waals surface area contributed by atoms with Crippen LogP contribution in [0.1, 0.15) is 6.92 Å². The summed E-state index contributed by atoms with van der Waals surface area (Å²) in [4.78, 5) is 10.1. The van der Waals surface area contributed by atoms with Crippen molar-refractivity contribution < 1.29 is 9.90 Å². The summed E-state index contributed by atoms with van der Waals surface area (Å²) < 4.78 is 0. The molecule has 0 aromatic carbocycles. The molecule has 7 heavy (non-hydrogen) atoms. The number of aliphatic hydroxyl groups excluding tert-OH is 1. The number of rotatable bonds is 2. The Hall–Kier alpha value is -0.410. The van der Waals surface area contributed by atoms with E-state index in [9.17, 15) is 4.79 Å². The van der Waals surface area contributed by atoms with Gasteiger partial charge in [-0.2, -0.15) is 0 Å². The molecule has 0 spiro atoms. The van der Waals surface area contributed by atoms with Gasteiger partial charge in [-0.25, -0.2) is 0 Å². The summed E-state index contributed by atoms with van der Waals surface area (Å²) in [6.45, 7) is 1.09. The number of Topliss-reactive ketones (excluding diaryl/α,β-unsaturated/α-hetero) is 1. The highest BCUT2D eigenvalue weighted by Crippen LogP contribution is 1.74. The van der Waals surface area contributed by atoms with Gasteiger partial charge in [-0.3, -0.25) is 4.79 Å². The van der Waals surface area contributed by atoms with E-state index in [1.807, 2.05) is 0 Å². The number of carbonyl (C=O) groups is 1. The first-order valence-corrected chi connectivity index (χ1v) is 2.05. The maximum Gasteiger partial charge on any atom is 0.148 e. The second kappa shape index (κ2) is 2.71. The maximum absolute atomic E-state index is 10.1. The lowest BCUT2D eigenvalue weighted by molar-refractivity contribution is -0.118. The summed E-state index contributed by atoms with van der Waals surface area (Å²) in [5.74, 6) is -0.178. The van der Waals surface area contributed by atoms with Crippen LogP contribution in [-0.4, -0.2) is 23.5 Å². The number of hydrogen-bond donors (Lipinski definition) is 2. The summed E-state index contributed by atoms with van der Waals surface area (Å²) in [6, 6.07) is -0.681. The second-order valence-corrected chi connectivity index (χ2v) is 1.40. The van der Waals surface area contributed by atoms with Crippen LogP contribution in [0.25, 0.3) is 0 Å². The summed E-state index contributed by atoms with van der Waals surface area (Å²) in [6.07, 6.45) is 0. The average Bonchev–Trinajstić information content (AvgIpc) is 1.65. The van der Waals surface area contributed by atoms with E-state index in [2.05, 4.69) is 0 Å². The summed E-state index contributed by atoms with van der Waals surface area (Å²) >= 11 is 0. The molecule has 0 rings (SSSR count). The second-order valence-electron chi connectivity index (χ2n) is 1.40. The molecule has 0 aliphatic carbocycles. The summed E-state index contributed by atoms with van der Waals surface area (Å²) in [5.41, 5.74) is 5.02. The van der Waals surface area contributed by atoms with Crippen molar-refractivity contribution in [3.05, 3.63) is 0 Å². The first-order chi connectivity index (χ1) is 3.18. The molecule has 0 aliphatic rings. The van der Waals surface area contributed by atoms with E-state index in [-0.39, 0.29) is 12.4 Å². The monoisotopic (exact) mass is 103 g/mol. The highest BCUT2D eigenvalue weighted by atomic mass is 16.3. The van der Waals surface area contributed by atoms with Gasteiger partial charge in [0, 0.05) is 0 Å². The number of hydrogen-bond acceptors (Lipinski definition) is 3. The van der Waals surface area contributed by atoms with Gasteiger partial charge in [-0.1, -0.05) is 0 Å². The number of aliphatic hydroxyl groups is 1. The van der Waals surface area contributed by atoms with Crippen LogP contribution in [0.4, 0.5) is 0 Å². The van der Waals surface area contributed by atoms with Crippen LogP contribution in [0.2, 0.25) is 0 Å². The molecule has 3 heteroatoms. The maximum atomic E-state index is 10.1. The van der Waals surface area contributed by atoms with E-state index in [1.165, 1.54) is 6.92 Å². The van der Waals surface area contributed by atoms with Gasteiger partial charge >= 0.3 is 0 Å². The fraction of sp³-hybridized carbons (Fsp3) is 0.750. The van der Waals surface area contributed by atoms with Crippen molar-refractivity contribution in [3.63, 3.8) is 0 Å². The van der Waals surface area contributed by atoms with E-state index in [1.54, 1.807) is 0 Å². The van der Waals surface area contributed by atoms with Gasteiger partial charge in [0.15, 0.2) is 0 Å². The predicted octanol–water partition coefficient (Wildman–Crippen LogP) is -1.10. The summed E-state index contributed by atoms with van der Waals surface area (Å²) in [5, 5.41) is 8.16. The van der Waals surface area contributed by atoms with Crippen molar-refractivity contribution in [3.8, 4) is 0 Å². The lowest BCUT2D eigenvalue weighted by atomic mass is 10.2. The molecule has 0 unspecified atom stereocenters. The first-order valence-electron chi connectivity index (χ1n) is 2.05. The molecule has 0 fully saturated rings. The highest BCUT2D eigenvalue weighted by molar-refractivity contribution is 5.81. The Morgan fingerprint density at radius 3 is 2.43 bits per heavy atom. The fourth-order valence-electron chi connectivity index (χ4n) is 0.129. The quantitative estimate of drug-likeness (QED) is 0.466. The fourth-order valence-corrected chi connectivity index (χ4v) is 0.129. The molecule has 3 N–H and O–H groups in total. The Kier molecular flexibility index (Phi) is 2.55. The molecule has 0 radical (unpaired) electrons. The van der Waals surface area contributed by atoms with Gasteiger partial charge in [0.05, 0.1) is 12.6 Å². The van der Waals surface area contributed by atoms with E-state index < -0.39 is 6.04 Å². The predicted molar refractivity (Wildman–Crippen MR) is 25.7 cm³/mol. The van der Waals surface area contributed by atoms with Gasteiger partial charge in [0.25, 0.3) is 0 Å². The van der Waals surface area contributed by atoms with Crippen LogP contribution >= 0.6 is 0 Å². The van der Waals surface area contributed by atoms with Crippen molar-refractivity contribution in [2.45, 2.75) is 13.0 Å². The van der Waals surface area contributed by atoms with Crippen molar-refractivity contribution in [2.75, 3.05) is 6.61 Å². The third-order valence-electron chi connectivity index (χ3n) is 0.719. The Balaban J connectivity index is 3.34. The van der Waals surface area contributed by atoms with Gasteiger partial charge < -0.3 is 10.8 Å². The SMILES string of the molecule is CC(=O)[C@H](N)CO. The molecule has 3 nitrogen and oxygen atoms in total. The van der Waals surface area contributed by atoms with Gasteiger partial charge in [0.2, 0.25) is 0 Å². The lowest BCUT2D eigenvalue weighted by Crippen LogP contribution is -2.31. The van der Waals surface area contributed by atoms with Crippen molar-refractivity contribution in [1.82, 2.24) is 0 Å². The van der Waals surface area contributed by atoms with Gasteiger partial charge in [-0.05, 0) is 6.92 Å². The molecule has 0 saturated heterocycles. The van der Waals surface area contributed by atoms with Crippen LogP contribution < -0.4 is 5.73 Å². The van der Waals surface area contributed by atoms with Gasteiger partial charge in [0.1, 0.15) is 5.78 Å². The zero-order valence-electron chi connectivity index (χ0n) is 4.22. The third kappa shape index (κ3) is 2.31. The number of ketones is 1. The van der Waals surface area contributed by atoms with Crippen LogP contribution in [0.3, 0.4) is 0 Å². The Morgan fingerprint density at radius 2 is 2.43 bits per heavy atom. The summed E-state index contributed by atoms with van der Waals surface area (Å²) in [7, 11) is 0. The lowest BCUT2D eigenvalue weighted by Gasteiger charge is -1.98. The normalized spacial score (nSPS) is 13.6. The van der Waals surface area contributed by atoms with E-state index in [0.29, 0.717) is 0 Å². The van der Waals surface area contributed by atoms with E-state index in [0.717, 1.165) is 0 Å². The molecule has 0 heterocycles. The Bertz CT molecular complexity index is 72.1. The smallest absolute Gasteiger partial charge is 0.148 e. The zero-order valence-corrected chi connectivity index (χ0v) is 4.22. The minimum Gasteiger partial charge on any atom is -0.394 e. The van der Waals surface area contributed by atoms with Crippen LogP contribution in [0, 0.1) is 0 Å². The average molecular weight is 103 g/mol. The minimum atomic E-state index is -0.681. The van der Waals surface area contributed by atoms with E-state index >= 15 is 0 Å². The van der Waals surface area contributed by atoms with Crippen LogP contribution in [-0.2, 0) is 4.79 Å². The van der Waals surface area contributed by atoms with Crippen molar-refractivity contribution >= 4 is 5.78 Å². The molecule has 0 saturated carbocycles. The van der Waals surface area contributed by atoms with Crippen LogP contribution in [0.15, 0.2) is 0 Å². The molecule has 0 amide bonds. The Labute approximate surface area is 42.1 Å². The largest absolute Gasteiger partial charge is 0.394 e. The molecular weight excluding hydrogens is 94.0 g/mol. The molecule has 0 aromatic heterocycles. The van der Waals surface area contributed by atoms with Gasteiger partial charge in [-0.15, -0.1) is 0 Å². The standard InChI is InChI=1S/C4H9NO2/c1-3(7)4(5)2-6/h4,6H,2,5H2,1H3/t4-/m1/s1.